The Hall–Kier alpha value is -4.34. The largest absolute Gasteiger partial charge is 0.465 e. The molecule has 39 heavy (non-hydrogen) atoms. The van der Waals surface area contributed by atoms with Crippen LogP contribution in [-0.4, -0.2) is 35.7 Å². The summed E-state index contributed by atoms with van der Waals surface area (Å²) in [5.74, 6) is -2.22. The average molecular weight is 568 g/mol. The van der Waals surface area contributed by atoms with Gasteiger partial charge >= 0.3 is 17.8 Å². The monoisotopic (exact) mass is 567 g/mol. The predicted molar refractivity (Wildman–Crippen MR) is 145 cm³/mol. The van der Waals surface area contributed by atoms with Crippen molar-refractivity contribution in [1.29, 1.82) is 0 Å². The maximum Gasteiger partial charge on any atom is 0.340 e. The Morgan fingerprint density at radius 3 is 2.44 bits per heavy atom. The van der Waals surface area contributed by atoms with Crippen LogP contribution in [0.2, 0.25) is 10.0 Å². The number of carbonyl (C=O) groups excluding carboxylic acids is 4. The zero-order chi connectivity index (χ0) is 28.1. The Morgan fingerprint density at radius 1 is 1.00 bits per heavy atom. The Kier molecular flexibility index (Phi) is 8.53. The number of anilines is 1. The zero-order valence-electron chi connectivity index (χ0n) is 20.9. The topological polar surface area (TPSA) is 118 Å². The van der Waals surface area contributed by atoms with Gasteiger partial charge in [-0.1, -0.05) is 53.5 Å². The van der Waals surface area contributed by atoms with Crippen LogP contribution in [0.25, 0.3) is 6.08 Å². The highest BCUT2D eigenvalue weighted by Gasteiger charge is 2.37. The SMILES string of the molecule is COC(=O)C1=C(C)N(Cc2ccccc2)C(=O)/C1=C/c1ccc(CNC(=O)C(=O)Nc2ccc(Cl)c(Cl)c2)o1. The van der Waals surface area contributed by atoms with E-state index in [1.165, 1.54) is 36.3 Å². The van der Waals surface area contributed by atoms with Crippen molar-refractivity contribution in [2.24, 2.45) is 0 Å². The molecule has 3 amide bonds. The lowest BCUT2D eigenvalue weighted by atomic mass is 10.1. The van der Waals surface area contributed by atoms with E-state index in [9.17, 15) is 19.2 Å². The molecule has 9 nitrogen and oxygen atoms in total. The second-order valence-electron chi connectivity index (χ2n) is 8.46. The van der Waals surface area contributed by atoms with Crippen molar-refractivity contribution >= 4 is 58.7 Å². The number of nitrogens with one attached hydrogen (secondary N) is 2. The summed E-state index contributed by atoms with van der Waals surface area (Å²) < 4.78 is 10.6. The van der Waals surface area contributed by atoms with Gasteiger partial charge in [0.1, 0.15) is 11.5 Å². The summed E-state index contributed by atoms with van der Waals surface area (Å²) in [6.45, 7) is 1.87. The van der Waals surface area contributed by atoms with Gasteiger partial charge in [0.15, 0.2) is 0 Å². The number of esters is 1. The van der Waals surface area contributed by atoms with Crippen LogP contribution in [0.3, 0.4) is 0 Å². The van der Waals surface area contributed by atoms with Crippen molar-refractivity contribution in [3.05, 3.63) is 105 Å². The van der Waals surface area contributed by atoms with Crippen molar-refractivity contribution in [3.63, 3.8) is 0 Å². The van der Waals surface area contributed by atoms with Gasteiger partial charge in [0.25, 0.3) is 5.91 Å². The summed E-state index contributed by atoms with van der Waals surface area (Å²) >= 11 is 11.8. The third kappa shape index (κ3) is 6.39. The smallest absolute Gasteiger partial charge is 0.340 e. The Labute approximate surface area is 234 Å². The number of benzene rings is 2. The van der Waals surface area contributed by atoms with Gasteiger partial charge in [0.2, 0.25) is 0 Å². The van der Waals surface area contributed by atoms with E-state index < -0.39 is 17.8 Å². The Morgan fingerprint density at radius 2 is 1.74 bits per heavy atom. The molecule has 2 aromatic carbocycles. The minimum Gasteiger partial charge on any atom is -0.465 e. The van der Waals surface area contributed by atoms with Gasteiger partial charge in [-0.05, 0) is 48.9 Å². The normalized spacial score (nSPS) is 14.1. The van der Waals surface area contributed by atoms with Crippen LogP contribution in [0.5, 0.6) is 0 Å². The minimum absolute atomic E-state index is 0.0936. The number of methoxy groups -OCH3 is 1. The quantitative estimate of drug-likeness (QED) is 0.242. The first-order valence-electron chi connectivity index (χ1n) is 11.7. The molecule has 3 aromatic rings. The molecule has 0 unspecified atom stereocenters. The van der Waals surface area contributed by atoms with Crippen LogP contribution in [0.4, 0.5) is 5.69 Å². The molecule has 1 aromatic heterocycles. The lowest BCUT2D eigenvalue weighted by Gasteiger charge is -2.17. The fourth-order valence-electron chi connectivity index (χ4n) is 3.90. The molecule has 1 aliphatic heterocycles. The second-order valence-corrected chi connectivity index (χ2v) is 9.27. The first-order chi connectivity index (χ1) is 18.7. The van der Waals surface area contributed by atoms with E-state index in [1.54, 1.807) is 19.1 Å². The number of rotatable bonds is 7. The second kappa shape index (κ2) is 12.0. The molecule has 0 saturated heterocycles. The number of carbonyl (C=O) groups is 4. The maximum atomic E-state index is 13.3. The van der Waals surface area contributed by atoms with E-state index in [0.717, 1.165) is 5.56 Å². The van der Waals surface area contributed by atoms with E-state index in [4.69, 9.17) is 32.4 Å². The summed E-state index contributed by atoms with van der Waals surface area (Å²) in [5.41, 5.74) is 1.94. The molecule has 0 spiro atoms. The van der Waals surface area contributed by atoms with Gasteiger partial charge in [-0.15, -0.1) is 0 Å². The fraction of sp³-hybridized carbons (Fsp3) is 0.143. The third-order valence-corrected chi connectivity index (χ3v) is 6.60. The number of ether oxygens (including phenoxy) is 1. The predicted octanol–water partition coefficient (Wildman–Crippen LogP) is 4.71. The van der Waals surface area contributed by atoms with Gasteiger partial charge in [-0.3, -0.25) is 14.4 Å². The van der Waals surface area contributed by atoms with Crippen LogP contribution in [0.15, 0.2) is 81.9 Å². The molecule has 0 aliphatic carbocycles. The van der Waals surface area contributed by atoms with Gasteiger partial charge in [-0.25, -0.2) is 4.79 Å². The minimum atomic E-state index is -0.902. The zero-order valence-corrected chi connectivity index (χ0v) is 22.4. The highest BCUT2D eigenvalue weighted by atomic mass is 35.5. The van der Waals surface area contributed by atoms with Crippen LogP contribution >= 0.6 is 23.2 Å². The molecule has 0 bridgehead atoms. The molecular formula is C28H23Cl2N3O6. The first kappa shape index (κ1) is 27.7. The van der Waals surface area contributed by atoms with Crippen molar-refractivity contribution < 1.29 is 28.3 Å². The molecule has 2 N–H and O–H groups in total. The van der Waals surface area contributed by atoms with Gasteiger partial charge in [0.05, 0.1) is 41.4 Å². The number of hydrogen-bond donors (Lipinski definition) is 2. The summed E-state index contributed by atoms with van der Waals surface area (Å²) in [4.78, 5) is 51.8. The Balaban J connectivity index is 1.45. The van der Waals surface area contributed by atoms with Crippen LogP contribution in [-0.2, 0) is 37.0 Å². The summed E-state index contributed by atoms with van der Waals surface area (Å²) in [6, 6.07) is 17.0. The number of furan rings is 1. The molecule has 2 heterocycles. The fourth-order valence-corrected chi connectivity index (χ4v) is 4.20. The number of allylic oxidation sites excluding steroid dienone is 1. The summed E-state index contributed by atoms with van der Waals surface area (Å²) in [6.07, 6.45) is 1.45. The van der Waals surface area contributed by atoms with E-state index in [-0.39, 0.29) is 40.9 Å². The van der Waals surface area contributed by atoms with E-state index in [1.807, 2.05) is 30.3 Å². The van der Waals surface area contributed by atoms with Gasteiger partial charge in [-0.2, -0.15) is 0 Å². The van der Waals surface area contributed by atoms with Crippen molar-refractivity contribution in [2.45, 2.75) is 20.0 Å². The molecule has 200 valence electrons. The summed E-state index contributed by atoms with van der Waals surface area (Å²) in [5, 5.41) is 5.43. The van der Waals surface area contributed by atoms with E-state index in [2.05, 4.69) is 10.6 Å². The van der Waals surface area contributed by atoms with Crippen LogP contribution in [0.1, 0.15) is 24.0 Å². The highest BCUT2D eigenvalue weighted by molar-refractivity contribution is 6.43. The van der Waals surface area contributed by atoms with E-state index >= 15 is 0 Å². The van der Waals surface area contributed by atoms with Gasteiger partial charge in [0, 0.05) is 11.4 Å². The number of halogens is 2. The van der Waals surface area contributed by atoms with Crippen LogP contribution in [0, 0.1) is 0 Å². The van der Waals surface area contributed by atoms with Gasteiger partial charge < -0.3 is 24.7 Å². The first-order valence-corrected chi connectivity index (χ1v) is 12.4. The van der Waals surface area contributed by atoms with Crippen molar-refractivity contribution in [2.75, 3.05) is 12.4 Å². The van der Waals surface area contributed by atoms with Crippen molar-refractivity contribution in [3.8, 4) is 0 Å². The molecule has 0 atom stereocenters. The third-order valence-electron chi connectivity index (χ3n) is 5.86. The number of amides is 3. The maximum absolute atomic E-state index is 13.3. The van der Waals surface area contributed by atoms with Crippen LogP contribution < -0.4 is 10.6 Å². The molecule has 0 fully saturated rings. The lowest BCUT2D eigenvalue weighted by Crippen LogP contribution is -2.34. The van der Waals surface area contributed by atoms with Crippen molar-refractivity contribution in [1.82, 2.24) is 10.2 Å². The molecule has 4 rings (SSSR count). The molecule has 11 heteroatoms. The molecule has 0 radical (unpaired) electrons. The Bertz CT molecular complexity index is 1510. The molecule has 1 aliphatic rings. The van der Waals surface area contributed by atoms with E-state index in [0.29, 0.717) is 22.2 Å². The average Bonchev–Trinajstić information content (AvgIpc) is 3.47. The highest BCUT2D eigenvalue weighted by Crippen LogP contribution is 2.33. The molecular weight excluding hydrogens is 545 g/mol. The number of hydrogen-bond acceptors (Lipinski definition) is 6. The number of nitrogens with zero attached hydrogens (tertiary/aromatic N) is 1. The summed E-state index contributed by atoms with van der Waals surface area (Å²) in [7, 11) is 1.25. The standard InChI is InChI=1S/C28H23Cl2N3O6/c1-16-24(28(37)38-2)21(27(36)33(16)15-17-6-4-3-5-7-17)13-19-9-10-20(39-19)14-31-25(34)26(35)32-18-8-11-22(29)23(30)12-18/h3-13H,14-15H2,1-2H3,(H,31,34)(H,32,35)/b21-13+. The lowest BCUT2D eigenvalue weighted by molar-refractivity contribution is -0.136. The molecule has 0 saturated carbocycles.